The van der Waals surface area contributed by atoms with Gasteiger partial charge < -0.3 is 14.6 Å². The van der Waals surface area contributed by atoms with Gasteiger partial charge in [-0.25, -0.2) is 9.78 Å². The maximum atomic E-state index is 12.1. The fourth-order valence-electron chi connectivity index (χ4n) is 2.36. The van der Waals surface area contributed by atoms with Gasteiger partial charge in [0.15, 0.2) is 0 Å². The van der Waals surface area contributed by atoms with Crippen LogP contribution >= 0.6 is 0 Å². The van der Waals surface area contributed by atoms with Crippen LogP contribution in [0.15, 0.2) is 47.4 Å². The van der Waals surface area contributed by atoms with Crippen molar-refractivity contribution in [2.75, 3.05) is 7.11 Å². The van der Waals surface area contributed by atoms with Crippen molar-refractivity contribution in [3.05, 3.63) is 69.8 Å². The summed E-state index contributed by atoms with van der Waals surface area (Å²) >= 11 is 0. The number of phenolic OH excluding ortho intramolecular Hbond substituents is 1. The standard InChI is InChI=1S/C18H16N2O5/c1-11-5-6-20-16(7-11)19-12(8-17(20)22)10-25-18(23)14-4-3-13(24-2)9-15(14)21/h3-9,21H,10H2,1-2H3. The van der Waals surface area contributed by atoms with E-state index in [2.05, 4.69) is 4.98 Å². The minimum atomic E-state index is -0.716. The Morgan fingerprint density at radius 3 is 2.76 bits per heavy atom. The van der Waals surface area contributed by atoms with Gasteiger partial charge in [0.2, 0.25) is 0 Å². The summed E-state index contributed by atoms with van der Waals surface area (Å²) in [5.41, 5.74) is 1.52. The maximum absolute atomic E-state index is 12.1. The lowest BCUT2D eigenvalue weighted by atomic mass is 10.2. The fourth-order valence-corrected chi connectivity index (χ4v) is 2.36. The summed E-state index contributed by atoms with van der Waals surface area (Å²) in [6.45, 7) is 1.72. The minimum absolute atomic E-state index is 0.00848. The largest absolute Gasteiger partial charge is 0.507 e. The Morgan fingerprint density at radius 2 is 2.04 bits per heavy atom. The molecule has 128 valence electrons. The molecule has 1 N–H and O–H groups in total. The molecule has 3 aromatic rings. The number of phenols is 1. The van der Waals surface area contributed by atoms with E-state index in [-0.39, 0.29) is 23.5 Å². The molecule has 2 aromatic heterocycles. The maximum Gasteiger partial charge on any atom is 0.342 e. The molecule has 2 heterocycles. The fraction of sp³-hybridized carbons (Fsp3) is 0.167. The molecule has 0 spiro atoms. The summed E-state index contributed by atoms with van der Waals surface area (Å²) in [4.78, 5) is 28.5. The predicted octanol–water partition coefficient (Wildman–Crippen LogP) is 2.07. The van der Waals surface area contributed by atoms with Crippen molar-refractivity contribution in [3.63, 3.8) is 0 Å². The van der Waals surface area contributed by atoms with E-state index in [1.165, 1.54) is 29.7 Å². The average molecular weight is 340 g/mol. The smallest absolute Gasteiger partial charge is 0.342 e. The molecule has 0 aliphatic rings. The Kier molecular flexibility index (Phi) is 4.38. The Morgan fingerprint density at radius 1 is 1.24 bits per heavy atom. The first-order valence-electron chi connectivity index (χ1n) is 7.51. The van der Waals surface area contributed by atoms with E-state index >= 15 is 0 Å². The number of rotatable bonds is 4. The number of hydrogen-bond acceptors (Lipinski definition) is 6. The molecule has 0 saturated heterocycles. The summed E-state index contributed by atoms with van der Waals surface area (Å²) in [6.07, 6.45) is 1.64. The number of benzene rings is 1. The number of esters is 1. The van der Waals surface area contributed by atoms with Crippen LogP contribution < -0.4 is 10.3 Å². The van der Waals surface area contributed by atoms with E-state index in [1.54, 1.807) is 18.3 Å². The molecule has 3 rings (SSSR count). The second-order valence-corrected chi connectivity index (χ2v) is 5.48. The topological polar surface area (TPSA) is 90.1 Å². The zero-order valence-corrected chi connectivity index (χ0v) is 13.7. The van der Waals surface area contributed by atoms with Crippen molar-refractivity contribution in [1.29, 1.82) is 0 Å². The van der Waals surface area contributed by atoms with E-state index < -0.39 is 5.97 Å². The first kappa shape index (κ1) is 16.5. The van der Waals surface area contributed by atoms with Crippen molar-refractivity contribution in [2.45, 2.75) is 13.5 Å². The highest BCUT2D eigenvalue weighted by atomic mass is 16.5. The van der Waals surface area contributed by atoms with Gasteiger partial charge in [0.05, 0.1) is 12.8 Å². The summed E-state index contributed by atoms with van der Waals surface area (Å²) in [5.74, 6) is -0.536. The summed E-state index contributed by atoms with van der Waals surface area (Å²) in [5, 5.41) is 9.86. The van der Waals surface area contributed by atoms with Crippen LogP contribution in [-0.2, 0) is 11.3 Å². The van der Waals surface area contributed by atoms with Gasteiger partial charge in [-0.3, -0.25) is 9.20 Å². The van der Waals surface area contributed by atoms with Crippen LogP contribution in [0.2, 0.25) is 0 Å². The zero-order chi connectivity index (χ0) is 18.0. The molecule has 0 amide bonds. The van der Waals surface area contributed by atoms with E-state index in [0.29, 0.717) is 17.1 Å². The van der Waals surface area contributed by atoms with E-state index in [4.69, 9.17) is 9.47 Å². The van der Waals surface area contributed by atoms with Gasteiger partial charge in [-0.15, -0.1) is 0 Å². The monoisotopic (exact) mass is 340 g/mol. The highest BCUT2D eigenvalue weighted by Crippen LogP contribution is 2.24. The lowest BCUT2D eigenvalue weighted by Gasteiger charge is -2.08. The third kappa shape index (κ3) is 3.45. The van der Waals surface area contributed by atoms with Crippen molar-refractivity contribution >= 4 is 11.6 Å². The quantitative estimate of drug-likeness (QED) is 0.731. The predicted molar refractivity (Wildman–Crippen MR) is 90.0 cm³/mol. The third-order valence-electron chi connectivity index (χ3n) is 3.65. The Hall–Kier alpha value is -3.35. The molecule has 7 nitrogen and oxygen atoms in total. The molecule has 7 heteroatoms. The Labute approximate surface area is 143 Å². The summed E-state index contributed by atoms with van der Waals surface area (Å²) in [7, 11) is 1.46. The van der Waals surface area contributed by atoms with E-state index in [9.17, 15) is 14.7 Å². The van der Waals surface area contributed by atoms with Crippen molar-refractivity contribution in [3.8, 4) is 11.5 Å². The first-order chi connectivity index (χ1) is 12.0. The zero-order valence-electron chi connectivity index (χ0n) is 13.7. The second kappa shape index (κ2) is 6.64. The SMILES string of the molecule is COc1ccc(C(=O)OCc2cc(=O)n3ccc(C)cc3n2)c(O)c1. The molecule has 0 fully saturated rings. The number of pyridine rings is 1. The Balaban J connectivity index is 1.80. The van der Waals surface area contributed by atoms with Crippen molar-refractivity contribution < 1.29 is 19.4 Å². The number of nitrogens with zero attached hydrogens (tertiary/aromatic N) is 2. The van der Waals surface area contributed by atoms with Crippen LogP contribution in [0.3, 0.4) is 0 Å². The number of carbonyl (C=O) groups is 1. The second-order valence-electron chi connectivity index (χ2n) is 5.48. The lowest BCUT2D eigenvalue weighted by Crippen LogP contribution is -2.16. The number of fused-ring (bicyclic) bond motifs is 1. The van der Waals surface area contributed by atoms with Gasteiger partial charge in [-0.1, -0.05) is 0 Å². The van der Waals surface area contributed by atoms with Crippen molar-refractivity contribution in [2.24, 2.45) is 0 Å². The molecule has 0 unspecified atom stereocenters. The number of aryl methyl sites for hydroxylation is 1. The number of aromatic nitrogens is 2. The van der Waals surface area contributed by atoms with Crippen LogP contribution in [-0.4, -0.2) is 27.6 Å². The highest BCUT2D eigenvalue weighted by molar-refractivity contribution is 5.92. The van der Waals surface area contributed by atoms with Gasteiger partial charge >= 0.3 is 5.97 Å². The number of carbonyl (C=O) groups excluding carboxylic acids is 1. The van der Waals surface area contributed by atoms with Gasteiger partial charge in [-0.2, -0.15) is 0 Å². The van der Waals surface area contributed by atoms with Gasteiger partial charge in [-0.05, 0) is 36.8 Å². The molecule has 1 aromatic carbocycles. The number of methoxy groups -OCH3 is 1. The van der Waals surface area contributed by atoms with E-state index in [1.807, 2.05) is 13.0 Å². The van der Waals surface area contributed by atoms with Gasteiger partial charge in [0.25, 0.3) is 5.56 Å². The molecule has 0 saturated carbocycles. The Bertz CT molecular complexity index is 1010. The van der Waals surface area contributed by atoms with Crippen LogP contribution in [0.5, 0.6) is 11.5 Å². The number of ether oxygens (including phenoxy) is 2. The molecule has 0 radical (unpaired) electrons. The molecular formula is C18H16N2O5. The molecular weight excluding hydrogens is 324 g/mol. The van der Waals surface area contributed by atoms with Crippen molar-refractivity contribution in [1.82, 2.24) is 9.38 Å². The number of aromatic hydroxyl groups is 1. The molecule has 0 atom stereocenters. The minimum Gasteiger partial charge on any atom is -0.507 e. The molecule has 25 heavy (non-hydrogen) atoms. The molecule has 0 aliphatic heterocycles. The first-order valence-corrected chi connectivity index (χ1v) is 7.51. The highest BCUT2D eigenvalue weighted by Gasteiger charge is 2.14. The van der Waals surface area contributed by atoms with Gasteiger partial charge in [0.1, 0.15) is 29.3 Å². The van der Waals surface area contributed by atoms with E-state index in [0.717, 1.165) is 5.56 Å². The van der Waals surface area contributed by atoms with Crippen LogP contribution in [0.4, 0.5) is 0 Å². The molecule has 0 bridgehead atoms. The van der Waals surface area contributed by atoms with Crippen LogP contribution in [0, 0.1) is 6.92 Å². The average Bonchev–Trinajstić information content (AvgIpc) is 2.59. The van der Waals surface area contributed by atoms with Crippen LogP contribution in [0.1, 0.15) is 21.6 Å². The van der Waals surface area contributed by atoms with Gasteiger partial charge in [0, 0.05) is 18.3 Å². The van der Waals surface area contributed by atoms with Crippen LogP contribution in [0.25, 0.3) is 5.65 Å². The molecule has 0 aliphatic carbocycles. The third-order valence-corrected chi connectivity index (χ3v) is 3.65. The number of hydrogen-bond donors (Lipinski definition) is 1. The summed E-state index contributed by atoms with van der Waals surface area (Å²) < 4.78 is 11.5. The normalized spacial score (nSPS) is 10.6. The lowest BCUT2D eigenvalue weighted by molar-refractivity contribution is 0.0464. The summed E-state index contributed by atoms with van der Waals surface area (Å²) in [6, 6.07) is 9.15.